The molecule has 0 saturated carbocycles. The van der Waals surface area contributed by atoms with Crippen molar-refractivity contribution in [3.63, 3.8) is 0 Å². The molecule has 32 heavy (non-hydrogen) atoms. The molecule has 8 nitrogen and oxygen atoms in total. The molecule has 0 radical (unpaired) electrons. The van der Waals surface area contributed by atoms with Crippen LogP contribution < -0.4 is 21.3 Å². The Hall–Kier alpha value is -3.72. The smallest absolute Gasteiger partial charge is 0.263 e. The molecule has 0 aliphatic carbocycles. The highest BCUT2D eigenvalue weighted by Gasteiger charge is 2.24. The Balaban J connectivity index is 1.87. The zero-order chi connectivity index (χ0) is 23.4. The number of thiophene rings is 1. The minimum atomic E-state index is -0.396. The van der Waals surface area contributed by atoms with E-state index in [0.29, 0.717) is 34.1 Å². The largest absolute Gasteiger partial charge is 0.381 e. The first-order chi connectivity index (χ1) is 15.2. The van der Waals surface area contributed by atoms with Crippen molar-refractivity contribution in [1.29, 1.82) is 0 Å². The molecular weight excluding hydrogens is 426 g/mol. The molecule has 1 atom stereocenters. The summed E-state index contributed by atoms with van der Waals surface area (Å²) in [7, 11) is 0. The van der Waals surface area contributed by atoms with Crippen LogP contribution in [0.15, 0.2) is 59.0 Å². The first-order valence-electron chi connectivity index (χ1n) is 9.95. The second kappa shape index (κ2) is 9.61. The van der Waals surface area contributed by atoms with Crippen LogP contribution in [0.3, 0.4) is 0 Å². The molecule has 3 amide bonds. The number of carbonyl (C=O) groups is 3. The Bertz CT molecular complexity index is 1190. The van der Waals surface area contributed by atoms with Crippen LogP contribution in [0, 0.1) is 0 Å². The quantitative estimate of drug-likeness (QED) is 0.307. The van der Waals surface area contributed by atoms with Gasteiger partial charge in [-0.2, -0.15) is 0 Å². The highest BCUT2D eigenvalue weighted by Crippen LogP contribution is 2.37. The van der Waals surface area contributed by atoms with Crippen molar-refractivity contribution in [2.45, 2.75) is 26.8 Å². The lowest BCUT2D eigenvalue weighted by Crippen LogP contribution is -2.34. The van der Waals surface area contributed by atoms with Crippen molar-refractivity contribution < 1.29 is 14.4 Å². The van der Waals surface area contributed by atoms with Gasteiger partial charge in [0.1, 0.15) is 4.88 Å². The zero-order valence-electron chi connectivity index (χ0n) is 18.2. The Morgan fingerprint density at radius 3 is 2.72 bits per heavy atom. The molecule has 2 heterocycles. The van der Waals surface area contributed by atoms with Gasteiger partial charge in [-0.1, -0.05) is 6.58 Å². The van der Waals surface area contributed by atoms with E-state index in [2.05, 4.69) is 39.6 Å². The number of anilines is 1. The van der Waals surface area contributed by atoms with Gasteiger partial charge in [0, 0.05) is 33.9 Å². The predicted molar refractivity (Wildman–Crippen MR) is 129 cm³/mol. The lowest BCUT2D eigenvalue weighted by Gasteiger charge is -2.11. The normalized spacial score (nSPS) is 16.7. The van der Waals surface area contributed by atoms with E-state index in [1.807, 2.05) is 13.0 Å². The minimum Gasteiger partial charge on any atom is -0.381 e. The summed E-state index contributed by atoms with van der Waals surface area (Å²) in [6, 6.07) is 5.33. The van der Waals surface area contributed by atoms with Crippen LogP contribution in [0.4, 0.5) is 5.69 Å². The fourth-order valence-corrected chi connectivity index (χ4v) is 4.24. The van der Waals surface area contributed by atoms with Crippen LogP contribution in [0.5, 0.6) is 0 Å². The van der Waals surface area contributed by atoms with Gasteiger partial charge in [0.25, 0.3) is 11.8 Å². The van der Waals surface area contributed by atoms with Crippen molar-refractivity contribution in [1.82, 2.24) is 16.0 Å². The third kappa shape index (κ3) is 4.94. The van der Waals surface area contributed by atoms with Crippen molar-refractivity contribution in [3.8, 4) is 0 Å². The fourth-order valence-electron chi connectivity index (χ4n) is 3.17. The summed E-state index contributed by atoms with van der Waals surface area (Å²) in [5.74, 6) is -0.825. The molecule has 0 bridgehead atoms. The first-order valence-corrected chi connectivity index (χ1v) is 10.8. The van der Waals surface area contributed by atoms with E-state index in [1.165, 1.54) is 11.3 Å². The summed E-state index contributed by atoms with van der Waals surface area (Å²) in [6.07, 6.45) is 2.75. The van der Waals surface area contributed by atoms with Gasteiger partial charge in [-0.3, -0.25) is 19.4 Å². The summed E-state index contributed by atoms with van der Waals surface area (Å²) in [5, 5.41) is 12.5. The van der Waals surface area contributed by atoms with Crippen LogP contribution in [-0.4, -0.2) is 37.0 Å². The second-order valence-corrected chi connectivity index (χ2v) is 8.46. The molecule has 9 heteroatoms. The molecule has 0 fully saturated rings. The number of hydrogen-bond acceptors (Lipinski definition) is 6. The van der Waals surface area contributed by atoms with Gasteiger partial charge in [-0.05, 0) is 57.8 Å². The number of hydrogen-bond donors (Lipinski definition) is 4. The Labute approximate surface area is 190 Å². The number of fused-ring (bicyclic) bond motifs is 3. The van der Waals surface area contributed by atoms with E-state index >= 15 is 0 Å². The summed E-state index contributed by atoms with van der Waals surface area (Å²) < 4.78 is 0.918. The van der Waals surface area contributed by atoms with Crippen molar-refractivity contribution in [3.05, 3.63) is 64.5 Å². The highest BCUT2D eigenvalue weighted by atomic mass is 32.1. The van der Waals surface area contributed by atoms with Gasteiger partial charge >= 0.3 is 0 Å². The van der Waals surface area contributed by atoms with Crippen LogP contribution >= 0.6 is 11.3 Å². The average Bonchev–Trinajstić information content (AvgIpc) is 3.07. The van der Waals surface area contributed by atoms with Crippen molar-refractivity contribution >= 4 is 51.5 Å². The SMILES string of the molecule is C=CC(=O)NC(/C=C(\C)NC(=O)c1ccc2sc3c(c2c1)NC[C@@H](C)NC3=O)=C(\C)N=C. The van der Waals surface area contributed by atoms with E-state index < -0.39 is 5.91 Å². The van der Waals surface area contributed by atoms with E-state index in [-0.39, 0.29) is 17.9 Å². The summed E-state index contributed by atoms with van der Waals surface area (Å²) in [6.45, 7) is 12.8. The van der Waals surface area contributed by atoms with E-state index in [0.717, 1.165) is 21.8 Å². The summed E-state index contributed by atoms with van der Waals surface area (Å²) in [4.78, 5) is 41.4. The van der Waals surface area contributed by atoms with E-state index in [4.69, 9.17) is 0 Å². The van der Waals surface area contributed by atoms with Crippen LogP contribution in [0.1, 0.15) is 40.8 Å². The van der Waals surface area contributed by atoms with Gasteiger partial charge in [0.2, 0.25) is 5.91 Å². The van der Waals surface area contributed by atoms with Gasteiger partial charge < -0.3 is 21.3 Å². The lowest BCUT2D eigenvalue weighted by atomic mass is 10.1. The number of allylic oxidation sites excluding steroid dienone is 3. The first kappa shape index (κ1) is 23.0. The average molecular weight is 452 g/mol. The fraction of sp³-hybridized carbons (Fsp3) is 0.217. The van der Waals surface area contributed by atoms with Crippen LogP contribution in [0.2, 0.25) is 0 Å². The Morgan fingerprint density at radius 2 is 2.03 bits per heavy atom. The number of rotatable bonds is 6. The van der Waals surface area contributed by atoms with Crippen LogP contribution in [0.25, 0.3) is 10.1 Å². The third-order valence-electron chi connectivity index (χ3n) is 4.86. The number of nitrogens with zero attached hydrogens (tertiary/aromatic N) is 1. The summed E-state index contributed by atoms with van der Waals surface area (Å²) >= 11 is 1.39. The van der Waals surface area contributed by atoms with E-state index in [9.17, 15) is 14.4 Å². The number of amides is 3. The minimum absolute atomic E-state index is 0.00811. The second-order valence-electron chi connectivity index (χ2n) is 7.40. The number of aliphatic imine (C=N–C) groups is 1. The Morgan fingerprint density at radius 1 is 1.28 bits per heavy atom. The van der Waals surface area contributed by atoms with Gasteiger partial charge in [0.15, 0.2) is 0 Å². The molecule has 1 aromatic carbocycles. The Kier molecular flexibility index (Phi) is 6.89. The van der Waals surface area contributed by atoms with Crippen molar-refractivity contribution in [2.24, 2.45) is 4.99 Å². The molecule has 1 aliphatic heterocycles. The van der Waals surface area contributed by atoms with Gasteiger partial charge in [-0.25, -0.2) is 0 Å². The number of carbonyl (C=O) groups excluding carboxylic acids is 3. The summed E-state index contributed by atoms with van der Waals surface area (Å²) in [5.41, 5.74) is 2.61. The lowest BCUT2D eigenvalue weighted by molar-refractivity contribution is -0.115. The maximum Gasteiger partial charge on any atom is 0.263 e. The molecule has 3 rings (SSSR count). The van der Waals surface area contributed by atoms with E-state index in [1.54, 1.807) is 32.1 Å². The molecule has 0 spiro atoms. The standard InChI is InChI=1S/C23H25N5O3S/c1-6-19(29)28-17(14(4)24-5)9-12(2)26-22(30)15-7-8-18-16(10-15)20-21(32-18)23(31)27-13(3)11-25-20/h6-10,13,25H,1,5,11H2,2-4H3,(H,26,30)(H,27,31)(H,28,29)/b12-9+,17-14+/t13-/m1/s1. The molecule has 1 aliphatic rings. The number of benzene rings is 1. The maximum atomic E-state index is 12.9. The molecule has 0 unspecified atom stereocenters. The monoisotopic (exact) mass is 451 g/mol. The third-order valence-corrected chi connectivity index (χ3v) is 6.03. The predicted octanol–water partition coefficient (Wildman–Crippen LogP) is 3.31. The molecule has 2 aromatic rings. The van der Waals surface area contributed by atoms with Crippen LogP contribution in [-0.2, 0) is 4.79 Å². The maximum absolute atomic E-state index is 12.9. The van der Waals surface area contributed by atoms with Crippen molar-refractivity contribution in [2.75, 3.05) is 11.9 Å². The van der Waals surface area contributed by atoms with Gasteiger partial charge in [-0.15, -0.1) is 11.3 Å². The highest BCUT2D eigenvalue weighted by molar-refractivity contribution is 7.21. The molecular formula is C23H25N5O3S. The molecule has 1 aromatic heterocycles. The molecule has 4 N–H and O–H groups in total. The molecule has 166 valence electrons. The van der Waals surface area contributed by atoms with Gasteiger partial charge in [0.05, 0.1) is 17.1 Å². The zero-order valence-corrected chi connectivity index (χ0v) is 19.0. The number of nitrogens with one attached hydrogen (secondary N) is 4. The molecule has 0 saturated heterocycles. The topological polar surface area (TPSA) is 112 Å².